The van der Waals surface area contributed by atoms with Crippen LogP contribution in [0.25, 0.3) is 98.8 Å². The summed E-state index contributed by atoms with van der Waals surface area (Å²) in [4.78, 5) is 0. The lowest BCUT2D eigenvalue weighted by Crippen LogP contribution is -1.91. The van der Waals surface area contributed by atoms with Crippen LogP contribution in [0.15, 0.2) is 167 Å². The minimum absolute atomic E-state index is 0.796. The summed E-state index contributed by atoms with van der Waals surface area (Å²) >= 11 is 0. The summed E-state index contributed by atoms with van der Waals surface area (Å²) in [6, 6.07) is 56.2. The van der Waals surface area contributed by atoms with Crippen LogP contribution in [0.2, 0.25) is 0 Å². The number of hydrogen-bond acceptors (Lipinski definition) is 2. The molecule has 0 aliphatic heterocycles. The van der Waals surface area contributed by atoms with Gasteiger partial charge in [0.05, 0.1) is 0 Å². The molecule has 0 N–H and O–H groups in total. The topological polar surface area (TPSA) is 26.3 Å². The van der Waals surface area contributed by atoms with Gasteiger partial charge in [-0.1, -0.05) is 121 Å². The summed E-state index contributed by atoms with van der Waals surface area (Å²) in [5.41, 5.74) is 10.6. The van der Waals surface area contributed by atoms with Crippen LogP contribution in [0.5, 0.6) is 0 Å². The molecule has 46 heavy (non-hydrogen) atoms. The first-order valence-corrected chi connectivity index (χ1v) is 15.7. The number of hydrogen-bond donors (Lipinski definition) is 0. The number of furan rings is 2. The number of rotatable bonds is 3. The molecule has 0 radical (unpaired) electrons. The molecule has 2 heteroatoms. The lowest BCUT2D eigenvalue weighted by molar-refractivity contribution is 0.633. The van der Waals surface area contributed by atoms with Gasteiger partial charge in [0.1, 0.15) is 11.2 Å². The number of benzene rings is 8. The quantitative estimate of drug-likeness (QED) is 0.193. The summed E-state index contributed by atoms with van der Waals surface area (Å²) in [7, 11) is 0. The molecule has 2 heterocycles. The van der Waals surface area contributed by atoms with E-state index in [9.17, 15) is 0 Å². The molecule has 0 spiro atoms. The Morgan fingerprint density at radius 3 is 1.37 bits per heavy atom. The van der Waals surface area contributed by atoms with E-state index in [4.69, 9.17) is 8.83 Å². The van der Waals surface area contributed by atoms with Crippen molar-refractivity contribution in [2.24, 2.45) is 0 Å². The minimum Gasteiger partial charge on any atom is -0.452 e. The predicted octanol–water partition coefficient (Wildman–Crippen LogP) is 12.8. The Balaban J connectivity index is 1.23. The monoisotopic (exact) mass is 586 g/mol. The van der Waals surface area contributed by atoms with Crippen molar-refractivity contribution in [1.29, 1.82) is 0 Å². The van der Waals surface area contributed by atoms with E-state index in [0.29, 0.717) is 0 Å². The van der Waals surface area contributed by atoms with Gasteiger partial charge in [-0.25, -0.2) is 0 Å². The second-order valence-corrected chi connectivity index (χ2v) is 12.0. The molecule has 0 atom stereocenters. The smallest absolute Gasteiger partial charge is 0.178 e. The van der Waals surface area contributed by atoms with Crippen LogP contribution in [-0.2, 0) is 0 Å². The first-order valence-electron chi connectivity index (χ1n) is 15.7. The van der Waals surface area contributed by atoms with Gasteiger partial charge in [-0.3, -0.25) is 0 Å². The molecule has 0 saturated heterocycles. The highest BCUT2D eigenvalue weighted by Crippen LogP contribution is 2.46. The number of para-hydroxylation sites is 1. The van der Waals surface area contributed by atoms with Crippen LogP contribution >= 0.6 is 0 Å². The van der Waals surface area contributed by atoms with Crippen LogP contribution in [0.3, 0.4) is 0 Å². The van der Waals surface area contributed by atoms with Crippen molar-refractivity contribution in [2.75, 3.05) is 0 Å². The minimum atomic E-state index is 0.796. The van der Waals surface area contributed by atoms with Gasteiger partial charge in [0.25, 0.3) is 0 Å². The molecule has 0 aliphatic carbocycles. The first-order chi connectivity index (χ1) is 22.8. The van der Waals surface area contributed by atoms with Crippen LogP contribution in [0.1, 0.15) is 0 Å². The summed E-state index contributed by atoms with van der Waals surface area (Å²) < 4.78 is 13.0. The van der Waals surface area contributed by atoms with Crippen LogP contribution in [0, 0.1) is 0 Å². The van der Waals surface area contributed by atoms with E-state index in [1.807, 2.05) is 18.2 Å². The average Bonchev–Trinajstić information content (AvgIpc) is 3.69. The van der Waals surface area contributed by atoms with E-state index < -0.39 is 0 Å². The second kappa shape index (κ2) is 9.69. The molecular weight excluding hydrogens is 560 g/mol. The molecule has 0 saturated carbocycles. The normalized spacial score (nSPS) is 11.9. The zero-order chi connectivity index (χ0) is 30.2. The Kier molecular flexibility index (Phi) is 5.31. The first kappa shape index (κ1) is 25.2. The van der Waals surface area contributed by atoms with Gasteiger partial charge in [-0.05, 0) is 91.3 Å². The van der Waals surface area contributed by atoms with E-state index in [1.54, 1.807) is 0 Å². The molecule has 8 aromatic carbocycles. The molecule has 0 unspecified atom stereocenters. The van der Waals surface area contributed by atoms with Crippen molar-refractivity contribution in [3.05, 3.63) is 158 Å². The second-order valence-electron chi connectivity index (χ2n) is 12.0. The molecule has 0 amide bonds. The lowest BCUT2D eigenvalue weighted by Gasteiger charge is -2.18. The highest BCUT2D eigenvalue weighted by Gasteiger charge is 2.19. The standard InChI is InChI=1S/C44H26O2/c1-2-11-27(12-3-1)28-13-10-14-29(25-28)41-33-16-4-6-18-35(33)42(36-19-7-5-17-34(36)41)30-21-22-32-38-24-23-37-31-15-8-9-20-39(31)45-43(37)44(38)46-40(32)26-30/h1-26H. The van der Waals surface area contributed by atoms with Crippen molar-refractivity contribution in [1.82, 2.24) is 0 Å². The Hall–Kier alpha value is -6.12. The maximum Gasteiger partial charge on any atom is 0.178 e. The van der Waals surface area contributed by atoms with Gasteiger partial charge in [0, 0.05) is 21.5 Å². The Bertz CT molecular complexity index is 2740. The lowest BCUT2D eigenvalue weighted by atomic mass is 9.85. The third-order valence-corrected chi connectivity index (χ3v) is 9.46. The predicted molar refractivity (Wildman–Crippen MR) is 192 cm³/mol. The fourth-order valence-corrected chi connectivity index (χ4v) is 7.41. The third kappa shape index (κ3) is 3.65. The van der Waals surface area contributed by atoms with Gasteiger partial charge in [-0.15, -0.1) is 0 Å². The van der Waals surface area contributed by atoms with Crippen molar-refractivity contribution in [3.63, 3.8) is 0 Å². The molecule has 2 aromatic heterocycles. The maximum atomic E-state index is 6.64. The maximum absolute atomic E-state index is 6.64. The summed E-state index contributed by atoms with van der Waals surface area (Å²) in [6.45, 7) is 0. The molecule has 10 rings (SSSR count). The molecule has 10 aromatic rings. The van der Waals surface area contributed by atoms with E-state index >= 15 is 0 Å². The van der Waals surface area contributed by atoms with Crippen LogP contribution in [0.4, 0.5) is 0 Å². The van der Waals surface area contributed by atoms with E-state index in [2.05, 4.69) is 140 Å². The zero-order valence-corrected chi connectivity index (χ0v) is 24.8. The molecule has 0 bridgehead atoms. The van der Waals surface area contributed by atoms with Crippen molar-refractivity contribution in [3.8, 4) is 33.4 Å². The van der Waals surface area contributed by atoms with E-state index in [-0.39, 0.29) is 0 Å². The van der Waals surface area contributed by atoms with Gasteiger partial charge in [0.2, 0.25) is 0 Å². The van der Waals surface area contributed by atoms with Crippen LogP contribution in [-0.4, -0.2) is 0 Å². The van der Waals surface area contributed by atoms with Crippen molar-refractivity contribution in [2.45, 2.75) is 0 Å². The van der Waals surface area contributed by atoms with Crippen molar-refractivity contribution >= 4 is 65.4 Å². The Labute approximate surface area is 264 Å². The fourth-order valence-electron chi connectivity index (χ4n) is 7.41. The zero-order valence-electron chi connectivity index (χ0n) is 24.8. The van der Waals surface area contributed by atoms with Gasteiger partial charge < -0.3 is 8.83 Å². The SMILES string of the molecule is c1ccc(-c2cccc(-c3c4ccccc4c(-c4ccc5c(c4)oc4c5ccc5c6ccccc6oc54)c4ccccc34)c2)cc1. The fraction of sp³-hybridized carbons (Fsp3) is 0. The highest BCUT2D eigenvalue weighted by atomic mass is 16.4. The Morgan fingerprint density at radius 2 is 0.717 bits per heavy atom. The van der Waals surface area contributed by atoms with Crippen LogP contribution < -0.4 is 0 Å². The molecule has 2 nitrogen and oxygen atoms in total. The van der Waals surface area contributed by atoms with E-state index in [0.717, 1.165) is 49.4 Å². The number of fused-ring (bicyclic) bond motifs is 9. The molecule has 214 valence electrons. The molecule has 0 aliphatic rings. The van der Waals surface area contributed by atoms with Crippen molar-refractivity contribution < 1.29 is 8.83 Å². The van der Waals surface area contributed by atoms with Gasteiger partial charge >= 0.3 is 0 Å². The summed E-state index contributed by atoms with van der Waals surface area (Å²) in [5.74, 6) is 0. The highest BCUT2D eigenvalue weighted by molar-refractivity contribution is 6.23. The summed E-state index contributed by atoms with van der Waals surface area (Å²) in [5, 5.41) is 9.23. The molecule has 0 fully saturated rings. The average molecular weight is 587 g/mol. The van der Waals surface area contributed by atoms with Gasteiger partial charge in [-0.2, -0.15) is 0 Å². The largest absolute Gasteiger partial charge is 0.452 e. The third-order valence-electron chi connectivity index (χ3n) is 9.46. The molecular formula is C44H26O2. The van der Waals surface area contributed by atoms with Gasteiger partial charge in [0.15, 0.2) is 11.2 Å². The van der Waals surface area contributed by atoms with E-state index in [1.165, 1.54) is 49.4 Å². The summed E-state index contributed by atoms with van der Waals surface area (Å²) in [6.07, 6.45) is 0. The Morgan fingerprint density at radius 1 is 0.261 bits per heavy atom.